The smallest absolute Gasteiger partial charge is 0.332 e. The number of aliphatic hydroxyl groups excluding tert-OH is 2. The molecule has 0 aromatic heterocycles. The Labute approximate surface area is 118 Å². The molecule has 0 unspecified atom stereocenters. The summed E-state index contributed by atoms with van der Waals surface area (Å²) in [5.74, 6) is -0.912. The Morgan fingerprint density at radius 1 is 0.950 bits per heavy atom. The number of hydrogen-bond acceptors (Lipinski definition) is 8. The predicted octanol–water partition coefficient (Wildman–Crippen LogP) is -1.60. The molecule has 0 radical (unpaired) electrons. The van der Waals surface area contributed by atoms with Gasteiger partial charge in [-0.15, -0.1) is 0 Å². The van der Waals surface area contributed by atoms with Gasteiger partial charge in [-0.25, -0.2) is 4.79 Å². The van der Waals surface area contributed by atoms with Crippen LogP contribution in [-0.4, -0.2) is 86.3 Å². The van der Waals surface area contributed by atoms with Gasteiger partial charge in [0.1, 0.15) is 19.8 Å². The second-order valence-electron chi connectivity index (χ2n) is 3.90. The lowest BCUT2D eigenvalue weighted by Gasteiger charge is -2.19. The highest BCUT2D eigenvalue weighted by Crippen LogP contribution is 1.89. The maximum Gasteiger partial charge on any atom is 0.332 e. The summed E-state index contributed by atoms with van der Waals surface area (Å²) >= 11 is 0. The standard InChI is InChI=1S/C12H23NO7/c1-11(16)19-9-8-18-10-12(17)20-7-4-13(2-5-14)3-6-15/h14-15H,2-10H2,1H3. The number of carbonyl (C=O) groups is 2. The Morgan fingerprint density at radius 2 is 1.60 bits per heavy atom. The maximum absolute atomic E-state index is 11.3. The lowest BCUT2D eigenvalue weighted by atomic mass is 10.4. The minimum Gasteiger partial charge on any atom is -0.463 e. The first kappa shape index (κ1) is 18.8. The summed E-state index contributed by atoms with van der Waals surface area (Å²) in [4.78, 5) is 23.5. The average Bonchev–Trinajstić information content (AvgIpc) is 2.38. The molecule has 0 heterocycles. The molecule has 8 heteroatoms. The number of ether oxygens (including phenoxy) is 3. The lowest BCUT2D eigenvalue weighted by Crippen LogP contribution is -2.33. The highest BCUT2D eigenvalue weighted by Gasteiger charge is 2.07. The number of aliphatic hydroxyl groups is 2. The quantitative estimate of drug-likeness (QED) is 0.327. The first-order valence-corrected chi connectivity index (χ1v) is 6.41. The van der Waals surface area contributed by atoms with Gasteiger partial charge in [0.2, 0.25) is 0 Å². The van der Waals surface area contributed by atoms with E-state index in [-0.39, 0.29) is 39.6 Å². The summed E-state index contributed by atoms with van der Waals surface area (Å²) in [5.41, 5.74) is 0. The van der Waals surface area contributed by atoms with Crippen molar-refractivity contribution in [2.75, 3.05) is 59.3 Å². The van der Waals surface area contributed by atoms with Crippen LogP contribution in [0.1, 0.15) is 6.92 Å². The van der Waals surface area contributed by atoms with Gasteiger partial charge in [-0.1, -0.05) is 0 Å². The lowest BCUT2D eigenvalue weighted by molar-refractivity contribution is -0.150. The SMILES string of the molecule is CC(=O)OCCOCC(=O)OCCN(CCO)CCO. The second kappa shape index (κ2) is 12.8. The van der Waals surface area contributed by atoms with Crippen molar-refractivity contribution in [2.45, 2.75) is 6.92 Å². The van der Waals surface area contributed by atoms with Gasteiger partial charge in [0, 0.05) is 26.6 Å². The summed E-state index contributed by atoms with van der Waals surface area (Å²) < 4.78 is 14.5. The number of hydrogen-bond donors (Lipinski definition) is 2. The van der Waals surface area contributed by atoms with E-state index in [0.29, 0.717) is 19.6 Å². The van der Waals surface area contributed by atoms with E-state index in [1.165, 1.54) is 6.92 Å². The monoisotopic (exact) mass is 293 g/mol. The van der Waals surface area contributed by atoms with E-state index in [2.05, 4.69) is 4.74 Å². The van der Waals surface area contributed by atoms with Gasteiger partial charge < -0.3 is 24.4 Å². The fourth-order valence-corrected chi connectivity index (χ4v) is 1.35. The zero-order valence-electron chi connectivity index (χ0n) is 11.7. The Balaban J connectivity index is 3.54. The zero-order chi connectivity index (χ0) is 15.2. The fourth-order valence-electron chi connectivity index (χ4n) is 1.35. The molecule has 0 saturated heterocycles. The van der Waals surface area contributed by atoms with Crippen LogP contribution in [0.5, 0.6) is 0 Å². The summed E-state index contributed by atoms with van der Waals surface area (Å²) in [5, 5.41) is 17.6. The molecule has 2 N–H and O–H groups in total. The van der Waals surface area contributed by atoms with Crippen molar-refractivity contribution in [3.05, 3.63) is 0 Å². The average molecular weight is 293 g/mol. The molecule has 0 rings (SSSR count). The van der Waals surface area contributed by atoms with Crippen LogP contribution in [-0.2, 0) is 23.8 Å². The van der Waals surface area contributed by atoms with Crippen molar-refractivity contribution < 1.29 is 34.0 Å². The molecule has 0 amide bonds. The topological polar surface area (TPSA) is 106 Å². The van der Waals surface area contributed by atoms with Crippen LogP contribution in [0, 0.1) is 0 Å². The number of rotatable bonds is 12. The van der Waals surface area contributed by atoms with Gasteiger partial charge >= 0.3 is 11.9 Å². The molecular weight excluding hydrogens is 270 g/mol. The van der Waals surface area contributed by atoms with Gasteiger partial charge in [0.15, 0.2) is 0 Å². The van der Waals surface area contributed by atoms with E-state index in [1.54, 1.807) is 4.90 Å². The first-order chi connectivity index (χ1) is 9.60. The highest BCUT2D eigenvalue weighted by molar-refractivity contribution is 5.70. The van der Waals surface area contributed by atoms with Crippen molar-refractivity contribution in [2.24, 2.45) is 0 Å². The molecule has 0 aromatic carbocycles. The van der Waals surface area contributed by atoms with Gasteiger partial charge in [0.05, 0.1) is 19.8 Å². The molecule has 20 heavy (non-hydrogen) atoms. The molecule has 0 bridgehead atoms. The summed E-state index contributed by atoms with van der Waals surface area (Å²) in [6.07, 6.45) is 0. The Kier molecular flexibility index (Phi) is 12.0. The molecule has 0 aromatic rings. The van der Waals surface area contributed by atoms with Gasteiger partial charge in [-0.2, -0.15) is 0 Å². The first-order valence-electron chi connectivity index (χ1n) is 6.41. The van der Waals surface area contributed by atoms with Crippen LogP contribution in [0.3, 0.4) is 0 Å². The molecule has 0 fully saturated rings. The number of esters is 2. The van der Waals surface area contributed by atoms with Crippen molar-refractivity contribution >= 4 is 11.9 Å². The van der Waals surface area contributed by atoms with Crippen molar-refractivity contribution in [3.8, 4) is 0 Å². The van der Waals surface area contributed by atoms with Gasteiger partial charge in [-0.3, -0.25) is 9.69 Å². The van der Waals surface area contributed by atoms with Crippen LogP contribution in [0.4, 0.5) is 0 Å². The molecule has 8 nitrogen and oxygen atoms in total. The molecule has 0 saturated carbocycles. The van der Waals surface area contributed by atoms with E-state index in [4.69, 9.17) is 19.7 Å². The normalized spacial score (nSPS) is 10.6. The zero-order valence-corrected chi connectivity index (χ0v) is 11.7. The minimum absolute atomic E-state index is 0.0206. The molecule has 0 spiro atoms. The Bertz CT molecular complexity index is 267. The third kappa shape index (κ3) is 11.8. The Morgan fingerprint density at radius 3 is 2.15 bits per heavy atom. The van der Waals surface area contributed by atoms with E-state index in [9.17, 15) is 9.59 Å². The van der Waals surface area contributed by atoms with Crippen molar-refractivity contribution in [3.63, 3.8) is 0 Å². The van der Waals surface area contributed by atoms with E-state index >= 15 is 0 Å². The van der Waals surface area contributed by atoms with Crippen molar-refractivity contribution in [1.82, 2.24) is 4.90 Å². The van der Waals surface area contributed by atoms with E-state index < -0.39 is 11.9 Å². The molecule has 0 aliphatic carbocycles. The summed E-state index contributed by atoms with van der Waals surface area (Å²) in [7, 11) is 0. The van der Waals surface area contributed by atoms with Crippen LogP contribution in [0.15, 0.2) is 0 Å². The minimum atomic E-state index is -0.513. The number of carbonyl (C=O) groups excluding carboxylic acids is 2. The van der Waals surface area contributed by atoms with Crippen LogP contribution < -0.4 is 0 Å². The number of nitrogens with zero attached hydrogens (tertiary/aromatic N) is 1. The maximum atomic E-state index is 11.3. The van der Waals surface area contributed by atoms with Crippen LogP contribution in [0.25, 0.3) is 0 Å². The third-order valence-corrected chi connectivity index (χ3v) is 2.26. The van der Waals surface area contributed by atoms with Crippen molar-refractivity contribution in [1.29, 1.82) is 0 Å². The van der Waals surface area contributed by atoms with Gasteiger partial charge in [0.25, 0.3) is 0 Å². The van der Waals surface area contributed by atoms with E-state index in [1.807, 2.05) is 0 Å². The van der Waals surface area contributed by atoms with Crippen LogP contribution >= 0.6 is 0 Å². The predicted molar refractivity (Wildman–Crippen MR) is 69.0 cm³/mol. The third-order valence-electron chi connectivity index (χ3n) is 2.26. The molecule has 0 atom stereocenters. The largest absolute Gasteiger partial charge is 0.463 e. The summed E-state index contributed by atoms with van der Waals surface area (Å²) in [6.45, 7) is 2.69. The van der Waals surface area contributed by atoms with Crippen LogP contribution in [0.2, 0.25) is 0 Å². The molecule has 0 aliphatic rings. The fraction of sp³-hybridized carbons (Fsp3) is 0.833. The molecule has 118 valence electrons. The summed E-state index contributed by atoms with van der Waals surface area (Å²) in [6, 6.07) is 0. The van der Waals surface area contributed by atoms with E-state index in [0.717, 1.165) is 0 Å². The molecule has 0 aliphatic heterocycles. The highest BCUT2D eigenvalue weighted by atomic mass is 16.6. The molecular formula is C12H23NO7. The van der Waals surface area contributed by atoms with Gasteiger partial charge in [-0.05, 0) is 0 Å². The Hall–Kier alpha value is -1.22. The second-order valence-corrected chi connectivity index (χ2v) is 3.90.